The number of carbonyl (C=O) groups excluding carboxylic acids is 2. The summed E-state index contributed by atoms with van der Waals surface area (Å²) < 4.78 is 0. The average molecular weight is 488 g/mol. The van der Waals surface area contributed by atoms with Crippen LogP contribution < -0.4 is 5.73 Å². The van der Waals surface area contributed by atoms with Gasteiger partial charge in [-0.1, -0.05) is 57.1 Å². The Morgan fingerprint density at radius 1 is 1.22 bits per heavy atom. The van der Waals surface area contributed by atoms with Crippen LogP contribution in [0.25, 0.3) is 0 Å². The summed E-state index contributed by atoms with van der Waals surface area (Å²) in [5, 5.41) is 0. The Morgan fingerprint density at radius 3 is 2.58 bits per heavy atom. The second-order valence-electron chi connectivity index (χ2n) is 10.4. The number of rotatable bonds is 8. The maximum absolute atomic E-state index is 13.2. The van der Waals surface area contributed by atoms with Gasteiger partial charge in [0.25, 0.3) is 5.91 Å². The Bertz CT molecular complexity index is 1120. The van der Waals surface area contributed by atoms with Gasteiger partial charge < -0.3 is 10.6 Å². The van der Waals surface area contributed by atoms with Gasteiger partial charge in [0.1, 0.15) is 11.4 Å². The normalized spacial score (nSPS) is 24.4. The third-order valence-electron chi connectivity index (χ3n) is 7.79. The van der Waals surface area contributed by atoms with Crippen molar-refractivity contribution in [2.24, 2.45) is 21.6 Å². The lowest BCUT2D eigenvalue weighted by Gasteiger charge is -2.35. The summed E-state index contributed by atoms with van der Waals surface area (Å²) in [6.45, 7) is 8.32. The minimum absolute atomic E-state index is 0.0693. The van der Waals surface area contributed by atoms with Crippen molar-refractivity contribution in [3.8, 4) is 0 Å². The Morgan fingerprint density at radius 2 is 1.97 bits per heavy atom. The molecule has 1 aromatic heterocycles. The van der Waals surface area contributed by atoms with Gasteiger partial charge in [0, 0.05) is 37.0 Å². The molecular formula is C29H37N5O2. The van der Waals surface area contributed by atoms with Crippen molar-refractivity contribution in [2.45, 2.75) is 76.3 Å². The maximum Gasteiger partial charge on any atom is 0.270 e. The predicted octanol–water partition coefficient (Wildman–Crippen LogP) is 4.66. The lowest BCUT2D eigenvalue weighted by atomic mass is 9.77. The fraction of sp³-hybridized carbons (Fsp3) is 0.483. The fourth-order valence-electron chi connectivity index (χ4n) is 5.75. The number of primary amides is 1. The van der Waals surface area contributed by atoms with Crippen LogP contribution in [0, 0.1) is 5.92 Å². The Hall–Kier alpha value is -3.35. The van der Waals surface area contributed by atoms with Gasteiger partial charge in [-0.05, 0) is 56.0 Å². The molecule has 7 heteroatoms. The van der Waals surface area contributed by atoms with E-state index in [1.165, 1.54) is 12.8 Å². The minimum atomic E-state index is -0.868. The van der Waals surface area contributed by atoms with E-state index in [2.05, 4.69) is 16.7 Å². The molecule has 0 bridgehead atoms. The van der Waals surface area contributed by atoms with E-state index >= 15 is 0 Å². The molecule has 7 nitrogen and oxygen atoms in total. The molecule has 1 unspecified atom stereocenters. The first kappa shape index (κ1) is 25.7. The maximum atomic E-state index is 13.2. The summed E-state index contributed by atoms with van der Waals surface area (Å²) in [6, 6.07) is 3.70. The third kappa shape index (κ3) is 4.84. The number of aromatic nitrogens is 1. The van der Waals surface area contributed by atoms with Crippen molar-refractivity contribution in [1.29, 1.82) is 0 Å². The molecule has 0 aromatic carbocycles. The number of pyridine rings is 1. The highest BCUT2D eigenvalue weighted by Crippen LogP contribution is 2.45. The summed E-state index contributed by atoms with van der Waals surface area (Å²) in [5.41, 5.74) is 7.81. The van der Waals surface area contributed by atoms with E-state index in [-0.39, 0.29) is 17.5 Å². The van der Waals surface area contributed by atoms with E-state index in [9.17, 15) is 9.59 Å². The number of amides is 2. The minimum Gasteiger partial charge on any atom is -0.369 e. The first-order valence-electron chi connectivity index (χ1n) is 13.0. The fourth-order valence-corrected chi connectivity index (χ4v) is 5.75. The van der Waals surface area contributed by atoms with Crippen molar-refractivity contribution < 1.29 is 9.59 Å². The van der Waals surface area contributed by atoms with Gasteiger partial charge in [-0.25, -0.2) is 0 Å². The van der Waals surface area contributed by atoms with E-state index in [0.29, 0.717) is 25.1 Å². The Labute approximate surface area is 214 Å². The highest BCUT2D eigenvalue weighted by molar-refractivity contribution is 6.41. The van der Waals surface area contributed by atoms with Gasteiger partial charge >= 0.3 is 0 Å². The molecule has 1 saturated carbocycles. The van der Waals surface area contributed by atoms with Gasteiger partial charge in [0.15, 0.2) is 0 Å². The molecule has 2 amide bonds. The number of nitrogens with two attached hydrogens (primary N) is 1. The predicted molar refractivity (Wildman–Crippen MR) is 144 cm³/mol. The molecule has 190 valence electrons. The topological polar surface area (TPSA) is 101 Å². The van der Waals surface area contributed by atoms with Gasteiger partial charge in [0.05, 0.1) is 5.41 Å². The molecule has 2 heterocycles. The van der Waals surface area contributed by atoms with Crippen molar-refractivity contribution in [1.82, 2.24) is 9.88 Å². The van der Waals surface area contributed by atoms with Crippen LogP contribution in [0.2, 0.25) is 0 Å². The average Bonchev–Trinajstić information content (AvgIpc) is 3.27. The van der Waals surface area contributed by atoms with Gasteiger partial charge in [-0.3, -0.25) is 24.6 Å². The Kier molecular flexibility index (Phi) is 7.67. The van der Waals surface area contributed by atoms with Crippen LogP contribution in [0.1, 0.15) is 70.8 Å². The smallest absolute Gasteiger partial charge is 0.270 e. The van der Waals surface area contributed by atoms with E-state index < -0.39 is 11.3 Å². The lowest BCUT2D eigenvalue weighted by molar-refractivity contribution is -0.127. The molecule has 1 fully saturated rings. The van der Waals surface area contributed by atoms with E-state index in [1.54, 1.807) is 12.4 Å². The van der Waals surface area contributed by atoms with E-state index in [4.69, 9.17) is 10.7 Å². The van der Waals surface area contributed by atoms with Gasteiger partial charge in [-0.2, -0.15) is 0 Å². The zero-order valence-corrected chi connectivity index (χ0v) is 21.4. The van der Waals surface area contributed by atoms with Crippen LogP contribution in [0.5, 0.6) is 0 Å². The number of aliphatic imine (C=N–C) groups is 2. The van der Waals surface area contributed by atoms with Crippen LogP contribution in [0.4, 0.5) is 0 Å². The zero-order valence-electron chi connectivity index (χ0n) is 21.4. The third-order valence-corrected chi connectivity index (χ3v) is 7.79. The summed E-state index contributed by atoms with van der Waals surface area (Å²) in [4.78, 5) is 41.1. The summed E-state index contributed by atoms with van der Waals surface area (Å²) in [5.74, 6) is -0.200. The number of nitrogens with zero attached hydrogens (tertiary/aromatic N) is 4. The lowest BCUT2D eigenvalue weighted by Crippen LogP contribution is -2.46. The largest absolute Gasteiger partial charge is 0.369 e. The number of hydrogen-bond donors (Lipinski definition) is 1. The summed E-state index contributed by atoms with van der Waals surface area (Å²) in [6.07, 6.45) is 18.6. The molecule has 1 atom stereocenters. The van der Waals surface area contributed by atoms with Crippen LogP contribution in [-0.4, -0.2) is 46.3 Å². The molecule has 2 N–H and O–H groups in total. The van der Waals surface area contributed by atoms with Crippen LogP contribution >= 0.6 is 0 Å². The first-order chi connectivity index (χ1) is 17.3. The molecule has 1 aliphatic heterocycles. The van der Waals surface area contributed by atoms with Crippen molar-refractivity contribution in [3.63, 3.8) is 0 Å². The second-order valence-corrected chi connectivity index (χ2v) is 10.4. The molecular weight excluding hydrogens is 450 g/mol. The number of hydrogen-bond acceptors (Lipinski definition) is 5. The van der Waals surface area contributed by atoms with Gasteiger partial charge in [-0.15, -0.1) is 0 Å². The molecule has 1 aromatic rings. The van der Waals surface area contributed by atoms with E-state index in [1.807, 2.05) is 55.2 Å². The molecule has 0 saturated heterocycles. The molecule has 0 radical (unpaired) electrons. The highest BCUT2D eigenvalue weighted by Gasteiger charge is 2.47. The zero-order chi connectivity index (χ0) is 25.8. The van der Waals surface area contributed by atoms with Gasteiger partial charge in [0.2, 0.25) is 5.91 Å². The molecule has 1 spiro atoms. The van der Waals surface area contributed by atoms with Crippen LogP contribution in [0.15, 0.2) is 70.1 Å². The van der Waals surface area contributed by atoms with Crippen LogP contribution in [-0.2, 0) is 15.0 Å². The molecule has 4 rings (SSSR count). The quantitative estimate of drug-likeness (QED) is 0.426. The molecule has 2 aliphatic carbocycles. The SMILES string of the molecule is C=NC1=C(/C=C/C=C/CN2C(=O)C(C(C)C)=NC23CCCCCC3)CC(C(N)=O)(c2cccnc2)C1. The molecule has 3 aliphatic rings. The second kappa shape index (κ2) is 10.7. The molecule has 36 heavy (non-hydrogen) atoms. The number of allylic oxidation sites excluding steroid dienone is 5. The summed E-state index contributed by atoms with van der Waals surface area (Å²) in [7, 11) is 0. The van der Waals surface area contributed by atoms with Crippen molar-refractivity contribution >= 4 is 24.2 Å². The van der Waals surface area contributed by atoms with Crippen molar-refractivity contribution in [2.75, 3.05) is 6.54 Å². The first-order valence-corrected chi connectivity index (χ1v) is 13.0. The standard InChI is InChI=1S/C29H37N5O2/c1-21(2)25-26(35)34(29(33-25)14-8-4-5-9-15-29)17-10-6-7-12-22-18-28(27(30)36,19-24(22)31-3)23-13-11-16-32-20-23/h6-7,10-13,16,20-21H,3-5,8-9,14-15,17-19H2,1-2H3,(H2,30,36)/b10-6+,12-7+. The summed E-state index contributed by atoms with van der Waals surface area (Å²) >= 11 is 0. The monoisotopic (exact) mass is 487 g/mol. The number of carbonyl (C=O) groups is 2. The Balaban J connectivity index is 1.48. The van der Waals surface area contributed by atoms with Crippen LogP contribution in [0.3, 0.4) is 0 Å². The highest BCUT2D eigenvalue weighted by atomic mass is 16.2. The van der Waals surface area contributed by atoms with Crippen molar-refractivity contribution in [3.05, 3.63) is 65.7 Å². The van der Waals surface area contributed by atoms with E-state index in [0.717, 1.165) is 42.5 Å².